The molecule has 0 spiro atoms. The van der Waals surface area contributed by atoms with Crippen molar-refractivity contribution in [2.24, 2.45) is 0 Å². The molecule has 0 amide bonds. The van der Waals surface area contributed by atoms with Gasteiger partial charge in [-0.05, 0) is 37.5 Å². The van der Waals surface area contributed by atoms with Crippen LogP contribution in [-0.2, 0) is 16.2 Å². The lowest BCUT2D eigenvalue weighted by Crippen LogP contribution is -2.26. The summed E-state index contributed by atoms with van der Waals surface area (Å²) in [6, 6.07) is 3.05. The van der Waals surface area contributed by atoms with Gasteiger partial charge in [0.05, 0.1) is 10.5 Å². The number of benzene rings is 1. The van der Waals surface area contributed by atoms with Gasteiger partial charge in [0, 0.05) is 13.2 Å². The second-order valence-corrected chi connectivity index (χ2v) is 5.99. The Balaban J connectivity index is 3.02. The fraction of sp³-hybridized carbons (Fsp3) is 0.500. The molecule has 0 radical (unpaired) electrons. The first-order valence-electron chi connectivity index (χ1n) is 5.97. The zero-order valence-electron chi connectivity index (χ0n) is 10.9. The van der Waals surface area contributed by atoms with Crippen molar-refractivity contribution in [1.82, 2.24) is 4.72 Å². The molecule has 0 aliphatic carbocycles. The first kappa shape index (κ1) is 16.9. The third-order valence-electron chi connectivity index (χ3n) is 2.76. The SMILES string of the molecule is Cc1c(C(F)(F)F)cccc1S(=O)(=O)NCCCCO. The summed E-state index contributed by atoms with van der Waals surface area (Å²) in [7, 11) is -3.99. The molecular weight excluding hydrogens is 295 g/mol. The minimum absolute atomic E-state index is 0.0652. The molecule has 0 saturated heterocycles. The second-order valence-electron chi connectivity index (χ2n) is 4.25. The summed E-state index contributed by atoms with van der Waals surface area (Å²) in [5.74, 6) is 0. The lowest BCUT2D eigenvalue weighted by molar-refractivity contribution is -0.138. The van der Waals surface area contributed by atoms with Crippen LogP contribution < -0.4 is 4.72 Å². The fourth-order valence-electron chi connectivity index (χ4n) is 1.73. The molecule has 1 rings (SSSR count). The molecule has 114 valence electrons. The van der Waals surface area contributed by atoms with Crippen molar-refractivity contribution >= 4 is 10.0 Å². The molecule has 4 nitrogen and oxygen atoms in total. The number of unbranched alkanes of at least 4 members (excludes halogenated alkanes) is 1. The van der Waals surface area contributed by atoms with Crippen molar-refractivity contribution < 1.29 is 26.7 Å². The predicted molar refractivity (Wildman–Crippen MR) is 67.7 cm³/mol. The highest BCUT2D eigenvalue weighted by atomic mass is 32.2. The summed E-state index contributed by atoms with van der Waals surface area (Å²) in [6.45, 7) is 1.13. The van der Waals surface area contributed by atoms with Crippen molar-refractivity contribution in [3.63, 3.8) is 0 Å². The number of nitrogens with one attached hydrogen (secondary N) is 1. The Morgan fingerprint density at radius 3 is 2.45 bits per heavy atom. The maximum absolute atomic E-state index is 12.7. The van der Waals surface area contributed by atoms with Crippen LogP contribution in [0, 0.1) is 6.92 Å². The van der Waals surface area contributed by atoms with Crippen LogP contribution in [0.3, 0.4) is 0 Å². The Labute approximate surface area is 115 Å². The highest BCUT2D eigenvalue weighted by Crippen LogP contribution is 2.34. The van der Waals surface area contributed by atoms with Gasteiger partial charge in [-0.15, -0.1) is 0 Å². The van der Waals surface area contributed by atoms with Crippen molar-refractivity contribution in [1.29, 1.82) is 0 Å². The molecule has 2 N–H and O–H groups in total. The molecule has 8 heteroatoms. The molecule has 0 saturated carbocycles. The number of hydrogen-bond donors (Lipinski definition) is 2. The second kappa shape index (κ2) is 6.55. The number of aliphatic hydroxyl groups is 1. The van der Waals surface area contributed by atoms with E-state index in [1.165, 1.54) is 0 Å². The van der Waals surface area contributed by atoms with E-state index in [0.717, 1.165) is 25.1 Å². The number of aliphatic hydroxyl groups excluding tert-OH is 1. The van der Waals surface area contributed by atoms with Gasteiger partial charge in [0.25, 0.3) is 0 Å². The molecule has 20 heavy (non-hydrogen) atoms. The third kappa shape index (κ3) is 4.19. The average Bonchev–Trinajstić information content (AvgIpc) is 2.33. The lowest BCUT2D eigenvalue weighted by atomic mass is 10.1. The first-order valence-corrected chi connectivity index (χ1v) is 7.46. The van der Waals surface area contributed by atoms with Crippen molar-refractivity contribution in [2.75, 3.05) is 13.2 Å². The minimum atomic E-state index is -4.59. The van der Waals surface area contributed by atoms with Crippen LogP contribution >= 0.6 is 0 Å². The number of rotatable bonds is 6. The molecule has 0 bridgehead atoms. The Bertz CT molecular complexity index is 556. The summed E-state index contributed by atoms with van der Waals surface area (Å²) in [5, 5.41) is 8.58. The zero-order chi connectivity index (χ0) is 15.4. The van der Waals surface area contributed by atoms with Gasteiger partial charge < -0.3 is 5.11 Å². The molecule has 0 unspecified atom stereocenters. The Morgan fingerprint density at radius 2 is 1.90 bits per heavy atom. The molecular formula is C12H16F3NO3S. The highest BCUT2D eigenvalue weighted by Gasteiger charge is 2.34. The summed E-state index contributed by atoms with van der Waals surface area (Å²) in [5.41, 5.74) is -1.29. The van der Waals surface area contributed by atoms with Crippen LogP contribution in [0.4, 0.5) is 13.2 Å². The number of alkyl halides is 3. The topological polar surface area (TPSA) is 66.4 Å². The third-order valence-corrected chi connectivity index (χ3v) is 4.36. The van der Waals surface area contributed by atoms with E-state index in [4.69, 9.17) is 5.11 Å². The Kier molecular flexibility index (Phi) is 5.55. The standard InChI is InChI=1S/C12H16F3NO3S/c1-9-10(12(13,14)15)5-4-6-11(9)20(18,19)16-7-2-3-8-17/h4-6,16-17H,2-3,7-8H2,1H3. The van der Waals surface area contributed by atoms with E-state index < -0.39 is 21.8 Å². The maximum Gasteiger partial charge on any atom is 0.416 e. The van der Waals surface area contributed by atoms with Gasteiger partial charge in [0.2, 0.25) is 10.0 Å². The van der Waals surface area contributed by atoms with Crippen LogP contribution in [0.25, 0.3) is 0 Å². The van der Waals surface area contributed by atoms with E-state index in [-0.39, 0.29) is 23.6 Å². The van der Waals surface area contributed by atoms with E-state index in [2.05, 4.69) is 4.72 Å². The van der Waals surface area contributed by atoms with E-state index >= 15 is 0 Å². The molecule has 0 heterocycles. The molecule has 1 aromatic carbocycles. The van der Waals surface area contributed by atoms with Crippen LogP contribution in [0.15, 0.2) is 23.1 Å². The number of hydrogen-bond acceptors (Lipinski definition) is 3. The van der Waals surface area contributed by atoms with Crippen LogP contribution in [0.5, 0.6) is 0 Å². The van der Waals surface area contributed by atoms with E-state index in [1.807, 2.05) is 0 Å². The van der Waals surface area contributed by atoms with Crippen molar-refractivity contribution in [2.45, 2.75) is 30.8 Å². The summed E-state index contributed by atoms with van der Waals surface area (Å²) >= 11 is 0. The minimum Gasteiger partial charge on any atom is -0.396 e. The Morgan fingerprint density at radius 1 is 1.25 bits per heavy atom. The maximum atomic E-state index is 12.7. The van der Waals surface area contributed by atoms with E-state index in [9.17, 15) is 21.6 Å². The van der Waals surface area contributed by atoms with Crippen molar-refractivity contribution in [3.05, 3.63) is 29.3 Å². The van der Waals surface area contributed by atoms with Gasteiger partial charge >= 0.3 is 6.18 Å². The van der Waals surface area contributed by atoms with Crippen molar-refractivity contribution in [3.8, 4) is 0 Å². The van der Waals surface area contributed by atoms with Gasteiger partial charge in [-0.2, -0.15) is 13.2 Å². The van der Waals surface area contributed by atoms with Crippen LogP contribution in [0.1, 0.15) is 24.0 Å². The zero-order valence-corrected chi connectivity index (χ0v) is 11.7. The normalized spacial score (nSPS) is 12.7. The van der Waals surface area contributed by atoms with Crippen LogP contribution in [0.2, 0.25) is 0 Å². The van der Waals surface area contributed by atoms with Gasteiger partial charge in [0.1, 0.15) is 0 Å². The summed E-state index contributed by atoms with van der Waals surface area (Å²) < 4.78 is 64.3. The van der Waals surface area contributed by atoms with Gasteiger partial charge in [-0.3, -0.25) is 0 Å². The smallest absolute Gasteiger partial charge is 0.396 e. The molecule has 1 aromatic rings. The molecule has 0 aromatic heterocycles. The van der Waals surface area contributed by atoms with Crippen LogP contribution in [-0.4, -0.2) is 26.7 Å². The summed E-state index contributed by atoms with van der Waals surface area (Å²) in [6.07, 6.45) is -3.76. The Hall–Kier alpha value is -1.12. The van der Waals surface area contributed by atoms with E-state index in [1.54, 1.807) is 0 Å². The largest absolute Gasteiger partial charge is 0.416 e. The first-order chi connectivity index (χ1) is 9.20. The highest BCUT2D eigenvalue weighted by molar-refractivity contribution is 7.89. The predicted octanol–water partition coefficient (Wildman–Crippen LogP) is 2.06. The molecule has 0 aliphatic heterocycles. The average molecular weight is 311 g/mol. The molecule has 0 atom stereocenters. The monoisotopic (exact) mass is 311 g/mol. The van der Waals surface area contributed by atoms with Gasteiger partial charge in [0.15, 0.2) is 0 Å². The molecule has 0 aliphatic rings. The summed E-state index contributed by atoms with van der Waals surface area (Å²) in [4.78, 5) is -0.378. The number of sulfonamides is 1. The quantitative estimate of drug-likeness (QED) is 0.790. The lowest BCUT2D eigenvalue weighted by Gasteiger charge is -2.14. The van der Waals surface area contributed by atoms with E-state index in [0.29, 0.717) is 12.8 Å². The van der Waals surface area contributed by atoms with Gasteiger partial charge in [-0.25, -0.2) is 13.1 Å². The fourth-order valence-corrected chi connectivity index (χ4v) is 3.07. The number of halogens is 3. The van der Waals surface area contributed by atoms with Gasteiger partial charge in [-0.1, -0.05) is 6.07 Å². The molecule has 0 fully saturated rings.